The van der Waals surface area contributed by atoms with E-state index in [9.17, 15) is 0 Å². The predicted molar refractivity (Wildman–Crippen MR) is 96.9 cm³/mol. The minimum Gasteiger partial charge on any atom is -0.398 e. The van der Waals surface area contributed by atoms with Crippen molar-refractivity contribution in [3.63, 3.8) is 0 Å². The molecule has 0 spiro atoms. The number of aromatic nitrogens is 1. The van der Waals surface area contributed by atoms with Crippen LogP contribution in [0.2, 0.25) is 0 Å². The van der Waals surface area contributed by atoms with Crippen molar-refractivity contribution >= 4 is 16.6 Å². The van der Waals surface area contributed by atoms with E-state index < -0.39 is 0 Å². The fourth-order valence-corrected chi connectivity index (χ4v) is 3.09. The Hall–Kier alpha value is -3.00. The van der Waals surface area contributed by atoms with Crippen LogP contribution in [0, 0.1) is 0 Å². The van der Waals surface area contributed by atoms with Crippen LogP contribution in [0.1, 0.15) is 11.1 Å². The van der Waals surface area contributed by atoms with Crippen LogP contribution in [-0.2, 0) is 6.42 Å². The van der Waals surface area contributed by atoms with Crippen molar-refractivity contribution < 1.29 is 0 Å². The molecule has 0 bridgehead atoms. The number of nitrogen functional groups attached to an aromatic ring is 1. The summed E-state index contributed by atoms with van der Waals surface area (Å²) in [5, 5.41) is 1.28. The lowest BCUT2D eigenvalue weighted by Gasteiger charge is -2.04. The molecule has 2 nitrogen and oxygen atoms in total. The van der Waals surface area contributed by atoms with Gasteiger partial charge in [-0.2, -0.15) is 0 Å². The SMILES string of the molecule is Nc1ccccc1Cc1cn(-c2ccccc2)c2ccccc12. The van der Waals surface area contributed by atoms with Gasteiger partial charge in [0.15, 0.2) is 0 Å². The molecule has 4 aromatic rings. The van der Waals surface area contributed by atoms with Gasteiger partial charge in [-0.15, -0.1) is 0 Å². The first-order valence-corrected chi connectivity index (χ1v) is 7.81. The van der Waals surface area contributed by atoms with Crippen molar-refractivity contribution in [2.75, 3.05) is 5.73 Å². The summed E-state index contributed by atoms with van der Waals surface area (Å²) in [5.74, 6) is 0. The summed E-state index contributed by atoms with van der Waals surface area (Å²) < 4.78 is 2.25. The highest BCUT2D eigenvalue weighted by atomic mass is 15.0. The van der Waals surface area contributed by atoms with Gasteiger partial charge in [0.05, 0.1) is 5.52 Å². The third kappa shape index (κ3) is 2.49. The number of nitrogens with two attached hydrogens (primary N) is 1. The molecule has 0 fully saturated rings. The van der Waals surface area contributed by atoms with Crippen LogP contribution < -0.4 is 5.73 Å². The van der Waals surface area contributed by atoms with Crippen molar-refractivity contribution in [2.24, 2.45) is 0 Å². The number of nitrogens with zero attached hydrogens (tertiary/aromatic N) is 1. The van der Waals surface area contributed by atoms with Gasteiger partial charge < -0.3 is 10.3 Å². The first-order valence-electron chi connectivity index (χ1n) is 7.81. The Morgan fingerprint density at radius 3 is 2.22 bits per heavy atom. The van der Waals surface area contributed by atoms with Gasteiger partial charge >= 0.3 is 0 Å². The molecule has 0 atom stereocenters. The third-order valence-electron chi connectivity index (χ3n) is 4.26. The summed E-state index contributed by atoms with van der Waals surface area (Å²) >= 11 is 0. The first kappa shape index (κ1) is 13.6. The van der Waals surface area contributed by atoms with E-state index in [4.69, 9.17) is 5.73 Å². The molecule has 0 amide bonds. The standard InChI is InChI=1S/C21H18N2/c22-20-12-6-4-8-16(20)14-17-15-23(18-9-2-1-3-10-18)21-13-7-5-11-19(17)21/h1-13,15H,14,22H2. The van der Waals surface area contributed by atoms with E-state index in [0.717, 1.165) is 12.1 Å². The molecule has 4 rings (SSSR count). The second kappa shape index (κ2) is 5.65. The molecule has 0 aliphatic heterocycles. The van der Waals surface area contributed by atoms with Gasteiger partial charge in [0.25, 0.3) is 0 Å². The van der Waals surface area contributed by atoms with E-state index in [-0.39, 0.29) is 0 Å². The molecule has 112 valence electrons. The van der Waals surface area contributed by atoms with Crippen LogP contribution in [0.5, 0.6) is 0 Å². The van der Waals surface area contributed by atoms with E-state index >= 15 is 0 Å². The Balaban J connectivity index is 1.87. The number of rotatable bonds is 3. The molecule has 0 aliphatic carbocycles. The molecule has 0 radical (unpaired) electrons. The minimum atomic E-state index is 0.840. The summed E-state index contributed by atoms with van der Waals surface area (Å²) in [4.78, 5) is 0. The molecule has 1 heterocycles. The molecule has 0 unspecified atom stereocenters. The lowest BCUT2D eigenvalue weighted by atomic mass is 10.0. The first-order chi connectivity index (χ1) is 11.3. The number of hydrogen-bond acceptors (Lipinski definition) is 1. The molecule has 23 heavy (non-hydrogen) atoms. The Bertz CT molecular complexity index is 952. The average molecular weight is 298 g/mol. The molecule has 3 aromatic carbocycles. The maximum Gasteiger partial charge on any atom is 0.0531 e. The Labute approximate surface area is 135 Å². The van der Waals surface area contributed by atoms with Crippen molar-refractivity contribution in [1.29, 1.82) is 0 Å². The third-order valence-corrected chi connectivity index (χ3v) is 4.26. The Morgan fingerprint density at radius 1 is 0.696 bits per heavy atom. The average Bonchev–Trinajstić information content (AvgIpc) is 2.97. The molecular formula is C21H18N2. The van der Waals surface area contributed by atoms with Crippen LogP contribution in [0.3, 0.4) is 0 Å². The fraction of sp³-hybridized carbons (Fsp3) is 0.0476. The number of hydrogen-bond donors (Lipinski definition) is 1. The smallest absolute Gasteiger partial charge is 0.0531 e. The van der Waals surface area contributed by atoms with Gasteiger partial charge in [-0.25, -0.2) is 0 Å². The molecule has 0 aliphatic rings. The van der Waals surface area contributed by atoms with E-state index in [1.807, 2.05) is 24.3 Å². The van der Waals surface area contributed by atoms with E-state index in [1.54, 1.807) is 0 Å². The lowest BCUT2D eigenvalue weighted by molar-refractivity contribution is 1.10. The van der Waals surface area contributed by atoms with Gasteiger partial charge in [0.1, 0.15) is 0 Å². The minimum absolute atomic E-state index is 0.840. The molecule has 0 saturated carbocycles. The molecular weight excluding hydrogens is 280 g/mol. The van der Waals surface area contributed by atoms with Crippen molar-refractivity contribution in [2.45, 2.75) is 6.42 Å². The maximum absolute atomic E-state index is 6.12. The maximum atomic E-state index is 6.12. The second-order valence-corrected chi connectivity index (χ2v) is 5.75. The predicted octanol–water partition coefficient (Wildman–Crippen LogP) is 4.80. The largest absolute Gasteiger partial charge is 0.398 e. The highest BCUT2D eigenvalue weighted by Crippen LogP contribution is 2.27. The second-order valence-electron chi connectivity index (χ2n) is 5.75. The van der Waals surface area contributed by atoms with Crippen molar-refractivity contribution in [3.8, 4) is 5.69 Å². The Kier molecular flexibility index (Phi) is 3.35. The van der Waals surface area contributed by atoms with E-state index in [1.165, 1.54) is 27.7 Å². The zero-order chi connectivity index (χ0) is 15.6. The zero-order valence-corrected chi connectivity index (χ0v) is 12.8. The summed E-state index contributed by atoms with van der Waals surface area (Å²) in [7, 11) is 0. The van der Waals surface area contributed by atoms with Crippen LogP contribution in [0.15, 0.2) is 85.1 Å². The number of para-hydroxylation sites is 3. The monoisotopic (exact) mass is 298 g/mol. The topological polar surface area (TPSA) is 30.9 Å². The summed E-state index contributed by atoms with van der Waals surface area (Å²) in [6.07, 6.45) is 3.07. The normalized spacial score (nSPS) is 11.0. The quantitative estimate of drug-likeness (QED) is 0.541. The molecule has 1 aromatic heterocycles. The summed E-state index contributed by atoms with van der Waals surface area (Å²) in [6, 6.07) is 27.1. The summed E-state index contributed by atoms with van der Waals surface area (Å²) in [6.45, 7) is 0. The van der Waals surface area contributed by atoms with Gasteiger partial charge in [0.2, 0.25) is 0 Å². The molecule has 2 heteroatoms. The lowest BCUT2D eigenvalue weighted by Crippen LogP contribution is -1.95. The van der Waals surface area contributed by atoms with Crippen LogP contribution >= 0.6 is 0 Å². The highest BCUT2D eigenvalue weighted by molar-refractivity contribution is 5.86. The van der Waals surface area contributed by atoms with Crippen LogP contribution in [0.25, 0.3) is 16.6 Å². The van der Waals surface area contributed by atoms with Gasteiger partial charge in [-0.1, -0.05) is 54.6 Å². The number of fused-ring (bicyclic) bond motifs is 1. The molecule has 2 N–H and O–H groups in total. The van der Waals surface area contributed by atoms with Gasteiger partial charge in [-0.05, 0) is 35.4 Å². The van der Waals surface area contributed by atoms with E-state index in [0.29, 0.717) is 0 Å². The summed E-state index contributed by atoms with van der Waals surface area (Å²) in [5.41, 5.74) is 11.8. The number of anilines is 1. The van der Waals surface area contributed by atoms with Crippen molar-refractivity contribution in [3.05, 3.63) is 96.2 Å². The fourth-order valence-electron chi connectivity index (χ4n) is 3.09. The molecule has 0 saturated heterocycles. The zero-order valence-electron chi connectivity index (χ0n) is 12.8. The van der Waals surface area contributed by atoms with Crippen molar-refractivity contribution in [1.82, 2.24) is 4.57 Å². The van der Waals surface area contributed by atoms with Crippen LogP contribution in [0.4, 0.5) is 5.69 Å². The Morgan fingerprint density at radius 2 is 1.39 bits per heavy atom. The number of benzene rings is 3. The highest BCUT2D eigenvalue weighted by Gasteiger charge is 2.10. The van der Waals surface area contributed by atoms with Gasteiger partial charge in [-0.3, -0.25) is 0 Å². The van der Waals surface area contributed by atoms with Crippen LogP contribution in [-0.4, -0.2) is 4.57 Å². The van der Waals surface area contributed by atoms with E-state index in [2.05, 4.69) is 65.4 Å². The van der Waals surface area contributed by atoms with Gasteiger partial charge in [0, 0.05) is 29.4 Å².